The highest BCUT2D eigenvalue weighted by atomic mass is 19.1. The number of halogens is 1. The number of aromatic amines is 1. The number of hydrogen-bond donors (Lipinski definition) is 2. The number of hydrogen-bond acceptors (Lipinski definition) is 4. The lowest BCUT2D eigenvalue weighted by Crippen LogP contribution is -2.52. The maximum absolute atomic E-state index is 13.5. The topological polar surface area (TPSA) is 73.5 Å². The van der Waals surface area contributed by atoms with Crippen LogP contribution >= 0.6 is 0 Å². The van der Waals surface area contributed by atoms with E-state index in [1.54, 1.807) is 29.4 Å². The van der Waals surface area contributed by atoms with Crippen LogP contribution in [-0.4, -0.2) is 54.4 Å². The van der Waals surface area contributed by atoms with Crippen LogP contribution in [0.4, 0.5) is 14.9 Å². The second-order valence-corrected chi connectivity index (χ2v) is 6.00. The minimum absolute atomic E-state index is 0.0926. The Morgan fingerprint density at radius 1 is 1.36 bits per heavy atom. The van der Waals surface area contributed by atoms with E-state index >= 15 is 0 Å². The second-order valence-electron chi connectivity index (χ2n) is 6.00. The predicted molar refractivity (Wildman–Crippen MR) is 92.3 cm³/mol. The lowest BCUT2D eigenvalue weighted by molar-refractivity contribution is 0.191. The minimum atomic E-state index is -0.377. The third-order valence-electron chi connectivity index (χ3n) is 4.43. The maximum atomic E-state index is 13.5. The van der Waals surface area contributed by atoms with Crippen LogP contribution in [0.1, 0.15) is 18.5 Å². The number of anilines is 1. The fraction of sp³-hybridized carbons (Fsp3) is 0.412. The van der Waals surface area contributed by atoms with Crippen molar-refractivity contribution in [1.82, 2.24) is 20.4 Å². The van der Waals surface area contributed by atoms with Crippen molar-refractivity contribution in [3.8, 4) is 5.75 Å². The molecule has 1 fully saturated rings. The first-order valence-corrected chi connectivity index (χ1v) is 8.21. The fourth-order valence-corrected chi connectivity index (χ4v) is 2.87. The van der Waals surface area contributed by atoms with Crippen molar-refractivity contribution in [3.63, 3.8) is 0 Å². The Bertz CT molecular complexity index is 714. The van der Waals surface area contributed by atoms with E-state index in [9.17, 15) is 9.18 Å². The molecular weight excluding hydrogens is 325 g/mol. The second kappa shape index (κ2) is 7.42. The van der Waals surface area contributed by atoms with Gasteiger partial charge in [-0.15, -0.1) is 0 Å². The molecule has 0 bridgehead atoms. The van der Waals surface area contributed by atoms with Gasteiger partial charge in [0.2, 0.25) is 0 Å². The Morgan fingerprint density at radius 3 is 2.76 bits per heavy atom. The SMILES string of the molecule is COc1cc(N2CCN(C(=O)NC(C)c3cn[nH]c3)CC2)ccc1F. The molecule has 7 nitrogen and oxygen atoms in total. The highest BCUT2D eigenvalue weighted by Crippen LogP contribution is 2.25. The summed E-state index contributed by atoms with van der Waals surface area (Å²) in [5.74, 6) is -0.149. The van der Waals surface area contributed by atoms with Gasteiger partial charge in [0.25, 0.3) is 0 Å². The fourth-order valence-electron chi connectivity index (χ4n) is 2.87. The van der Waals surface area contributed by atoms with Crippen LogP contribution in [0.2, 0.25) is 0 Å². The first-order valence-electron chi connectivity index (χ1n) is 8.21. The number of rotatable bonds is 4. The number of benzene rings is 1. The molecule has 1 aliphatic heterocycles. The molecule has 25 heavy (non-hydrogen) atoms. The lowest BCUT2D eigenvalue weighted by atomic mass is 10.2. The molecule has 0 spiro atoms. The molecule has 1 aromatic heterocycles. The van der Waals surface area contributed by atoms with Gasteiger partial charge in [0.15, 0.2) is 11.6 Å². The number of carbonyl (C=O) groups excluding carboxylic acids is 1. The molecule has 2 N–H and O–H groups in total. The number of amides is 2. The summed E-state index contributed by atoms with van der Waals surface area (Å²) in [5.41, 5.74) is 1.83. The number of urea groups is 1. The standard InChI is InChI=1S/C17H22FN5O2/c1-12(13-10-19-20-11-13)21-17(24)23-7-5-22(6-8-23)14-3-4-15(18)16(9-14)25-2/h3-4,9-12H,5-8H2,1-2H3,(H,19,20)(H,21,24). The van der Waals surface area contributed by atoms with E-state index in [-0.39, 0.29) is 23.6 Å². The summed E-state index contributed by atoms with van der Waals surface area (Å²) >= 11 is 0. The van der Waals surface area contributed by atoms with Gasteiger partial charge in [-0.1, -0.05) is 0 Å². The van der Waals surface area contributed by atoms with Crippen LogP contribution in [0.3, 0.4) is 0 Å². The first-order chi connectivity index (χ1) is 12.1. The molecule has 1 unspecified atom stereocenters. The molecule has 2 aromatic rings. The van der Waals surface area contributed by atoms with Gasteiger partial charge >= 0.3 is 6.03 Å². The van der Waals surface area contributed by atoms with Gasteiger partial charge in [0.05, 0.1) is 19.3 Å². The van der Waals surface area contributed by atoms with Gasteiger partial charge in [-0.2, -0.15) is 5.10 Å². The van der Waals surface area contributed by atoms with Crippen molar-refractivity contribution in [2.75, 3.05) is 38.2 Å². The molecule has 134 valence electrons. The summed E-state index contributed by atoms with van der Waals surface area (Å²) in [4.78, 5) is 16.3. The Labute approximate surface area is 145 Å². The average molecular weight is 347 g/mol. The van der Waals surface area contributed by atoms with Crippen LogP contribution in [0.25, 0.3) is 0 Å². The van der Waals surface area contributed by atoms with E-state index < -0.39 is 0 Å². The molecule has 1 aliphatic rings. The zero-order chi connectivity index (χ0) is 17.8. The molecular formula is C17H22FN5O2. The quantitative estimate of drug-likeness (QED) is 0.889. The van der Waals surface area contributed by atoms with Crippen LogP contribution in [0.5, 0.6) is 5.75 Å². The predicted octanol–water partition coefficient (Wildman–Crippen LogP) is 2.15. The monoisotopic (exact) mass is 347 g/mol. The lowest BCUT2D eigenvalue weighted by Gasteiger charge is -2.36. The molecule has 0 aliphatic carbocycles. The maximum Gasteiger partial charge on any atom is 0.317 e. The summed E-state index contributed by atoms with van der Waals surface area (Å²) in [6.45, 7) is 4.49. The first kappa shape index (κ1) is 17.1. The van der Waals surface area contributed by atoms with Gasteiger partial charge in [0, 0.05) is 49.7 Å². The van der Waals surface area contributed by atoms with Crippen molar-refractivity contribution in [2.45, 2.75) is 13.0 Å². The zero-order valence-corrected chi connectivity index (χ0v) is 14.3. The third-order valence-corrected chi connectivity index (χ3v) is 4.43. The Balaban J connectivity index is 1.55. The summed E-state index contributed by atoms with van der Waals surface area (Å²) in [5, 5.41) is 9.61. The van der Waals surface area contributed by atoms with Crippen LogP contribution in [0, 0.1) is 5.82 Å². The summed E-state index contributed by atoms with van der Waals surface area (Å²) < 4.78 is 18.6. The van der Waals surface area contributed by atoms with Crippen molar-refractivity contribution >= 4 is 11.7 Å². The Hall–Kier alpha value is -2.77. The largest absolute Gasteiger partial charge is 0.494 e. The number of H-pyrrole nitrogens is 1. The van der Waals surface area contributed by atoms with Gasteiger partial charge in [0.1, 0.15) is 0 Å². The van der Waals surface area contributed by atoms with Crippen molar-refractivity contribution in [3.05, 3.63) is 42.0 Å². The number of ether oxygens (including phenoxy) is 1. The third kappa shape index (κ3) is 3.84. The molecule has 0 saturated carbocycles. The van der Waals surface area contributed by atoms with Gasteiger partial charge in [-0.25, -0.2) is 9.18 Å². The van der Waals surface area contributed by atoms with Gasteiger partial charge < -0.3 is 19.9 Å². The molecule has 3 rings (SSSR count). The van der Waals surface area contributed by atoms with E-state index in [0.29, 0.717) is 26.2 Å². The van der Waals surface area contributed by atoms with Gasteiger partial charge in [-0.05, 0) is 19.1 Å². The number of methoxy groups -OCH3 is 1. The smallest absolute Gasteiger partial charge is 0.317 e. The number of carbonyl (C=O) groups is 1. The number of aromatic nitrogens is 2. The highest BCUT2D eigenvalue weighted by molar-refractivity contribution is 5.75. The number of nitrogens with one attached hydrogen (secondary N) is 2. The molecule has 1 aromatic carbocycles. The minimum Gasteiger partial charge on any atom is -0.494 e. The average Bonchev–Trinajstić information content (AvgIpc) is 3.17. The summed E-state index contributed by atoms with van der Waals surface area (Å²) in [7, 11) is 1.45. The number of nitrogens with zero attached hydrogens (tertiary/aromatic N) is 3. The van der Waals surface area contributed by atoms with Gasteiger partial charge in [-0.3, -0.25) is 5.10 Å². The van der Waals surface area contributed by atoms with E-state index in [4.69, 9.17) is 4.74 Å². The Kier molecular flexibility index (Phi) is 5.06. The van der Waals surface area contributed by atoms with Crippen LogP contribution < -0.4 is 15.0 Å². The highest BCUT2D eigenvalue weighted by Gasteiger charge is 2.23. The molecule has 1 saturated heterocycles. The van der Waals surface area contributed by atoms with Crippen molar-refractivity contribution < 1.29 is 13.9 Å². The van der Waals surface area contributed by atoms with Crippen LogP contribution in [0.15, 0.2) is 30.6 Å². The molecule has 8 heteroatoms. The van der Waals surface area contributed by atoms with Crippen molar-refractivity contribution in [2.24, 2.45) is 0 Å². The Morgan fingerprint density at radius 2 is 2.12 bits per heavy atom. The normalized spacial score (nSPS) is 15.8. The number of piperazine rings is 1. The van der Waals surface area contributed by atoms with Crippen molar-refractivity contribution in [1.29, 1.82) is 0 Å². The zero-order valence-electron chi connectivity index (χ0n) is 14.3. The molecule has 2 heterocycles. The van der Waals surface area contributed by atoms with E-state index in [1.165, 1.54) is 13.2 Å². The van der Waals surface area contributed by atoms with Crippen LogP contribution in [-0.2, 0) is 0 Å². The molecule has 2 amide bonds. The van der Waals surface area contributed by atoms with E-state index in [0.717, 1.165) is 11.3 Å². The summed E-state index contributed by atoms with van der Waals surface area (Å²) in [6, 6.07) is 4.62. The van der Waals surface area contributed by atoms with E-state index in [1.807, 2.05) is 6.92 Å². The summed E-state index contributed by atoms with van der Waals surface area (Å²) in [6.07, 6.45) is 3.47. The molecule has 1 atom stereocenters. The van der Waals surface area contributed by atoms with E-state index in [2.05, 4.69) is 20.4 Å². The molecule has 0 radical (unpaired) electrons.